The van der Waals surface area contributed by atoms with Crippen LogP contribution in [0.1, 0.15) is 152 Å². The van der Waals surface area contributed by atoms with E-state index in [1.165, 1.54) is 6.42 Å². The fraction of sp³-hybridized carbons (Fsp3) is 1.00. The van der Waals surface area contributed by atoms with Crippen LogP contribution in [-0.4, -0.2) is 0 Å². The molecule has 3 aliphatic rings. The molecule has 0 amide bonds. The summed E-state index contributed by atoms with van der Waals surface area (Å²) in [5, 5.41) is 0. The summed E-state index contributed by atoms with van der Waals surface area (Å²) >= 11 is 0. The zero-order chi connectivity index (χ0) is 30.2. The van der Waals surface area contributed by atoms with Crippen LogP contribution in [0.15, 0.2) is 0 Å². The van der Waals surface area contributed by atoms with E-state index >= 15 is 0 Å². The quantitative estimate of drug-likeness (QED) is 0.340. The van der Waals surface area contributed by atoms with Crippen molar-refractivity contribution in [2.24, 2.45) is 90.2 Å². The third-order valence-electron chi connectivity index (χ3n) is 18.3. The van der Waals surface area contributed by atoms with Gasteiger partial charge in [-0.1, -0.05) is 145 Å². The molecule has 0 spiro atoms. The van der Waals surface area contributed by atoms with Crippen LogP contribution in [0.25, 0.3) is 0 Å². The maximum Gasteiger partial charge on any atom is -0.0117 e. The molecule has 0 bridgehead atoms. The Morgan fingerprint density at radius 3 is 1.42 bits per heavy atom. The topological polar surface area (TPSA) is 0 Å². The van der Waals surface area contributed by atoms with Crippen molar-refractivity contribution in [3.8, 4) is 0 Å². The second-order valence-electron chi connectivity index (χ2n) is 19.4. The molecule has 0 aromatic carbocycles. The van der Waals surface area contributed by atoms with Crippen molar-refractivity contribution in [2.45, 2.75) is 152 Å². The first kappa shape index (κ1) is 32.5. The van der Waals surface area contributed by atoms with Crippen LogP contribution in [0.4, 0.5) is 0 Å². The van der Waals surface area contributed by atoms with Crippen molar-refractivity contribution in [2.75, 3.05) is 0 Å². The van der Waals surface area contributed by atoms with Crippen molar-refractivity contribution in [1.29, 1.82) is 0 Å². The number of fused-ring (bicyclic) bond motifs is 1. The molecule has 0 aromatic heterocycles. The molecule has 3 aliphatic carbocycles. The summed E-state index contributed by atoms with van der Waals surface area (Å²) in [4.78, 5) is 0. The third-order valence-corrected chi connectivity index (χ3v) is 18.3. The van der Waals surface area contributed by atoms with Gasteiger partial charge >= 0.3 is 0 Å². The Hall–Kier alpha value is 0. The van der Waals surface area contributed by atoms with Crippen LogP contribution in [0.2, 0.25) is 0 Å². The average Bonchev–Trinajstić information content (AvgIpc) is 2.89. The molecule has 0 heterocycles. The zero-order valence-electron chi connectivity index (χ0n) is 30.2. The fourth-order valence-electron chi connectivity index (χ4n) is 14.2. The number of rotatable bonds is 4. The minimum Gasteiger partial charge on any atom is -0.0622 e. The maximum absolute atomic E-state index is 2.79. The number of hydrogen-bond donors (Lipinski definition) is 0. The van der Waals surface area contributed by atoms with Crippen molar-refractivity contribution >= 4 is 0 Å². The van der Waals surface area contributed by atoms with Gasteiger partial charge in [-0.25, -0.2) is 0 Å². The smallest absolute Gasteiger partial charge is 0.0117 e. The predicted molar refractivity (Wildman–Crippen MR) is 170 cm³/mol. The van der Waals surface area contributed by atoms with Crippen LogP contribution < -0.4 is 0 Å². The van der Waals surface area contributed by atoms with E-state index in [-0.39, 0.29) is 48.7 Å². The summed E-state index contributed by atoms with van der Waals surface area (Å²) in [5.41, 5.74) is 2.12. The van der Waals surface area contributed by atoms with Gasteiger partial charge in [0.1, 0.15) is 0 Å². The van der Waals surface area contributed by atoms with Crippen LogP contribution >= 0.6 is 0 Å². The molecule has 0 aliphatic heterocycles. The van der Waals surface area contributed by atoms with Gasteiger partial charge in [0.2, 0.25) is 0 Å². The Bertz CT molecular complexity index is 922. The van der Waals surface area contributed by atoms with Gasteiger partial charge in [-0.3, -0.25) is 0 Å². The van der Waals surface area contributed by atoms with Crippen LogP contribution in [-0.2, 0) is 0 Å². The zero-order valence-corrected chi connectivity index (χ0v) is 30.2. The lowest BCUT2D eigenvalue weighted by molar-refractivity contribution is -0.357. The van der Waals surface area contributed by atoms with Crippen LogP contribution in [0.3, 0.4) is 0 Å². The average molecular weight is 529 g/mol. The van der Waals surface area contributed by atoms with Gasteiger partial charge in [-0.15, -0.1) is 0 Å². The standard InChI is InChI=1S/C38H72/c1-23(2)31(12,13)35(20)28(7)29(8)38(24(3)22-37(35,38)30(9,10)11)34(18,19)36(21)27(6)25(4)26(5)32(14,15)33(36,16)17/h23-29H,22H2,1-21H3/t24?,25-,26+,27-,28?,29?,35?,36-,37-,38?/m1/s1. The van der Waals surface area contributed by atoms with Gasteiger partial charge < -0.3 is 0 Å². The Morgan fingerprint density at radius 2 is 1.05 bits per heavy atom. The first-order valence-electron chi connectivity index (χ1n) is 16.6. The summed E-state index contributed by atoms with van der Waals surface area (Å²) in [6.07, 6.45) is 1.38. The maximum atomic E-state index is 2.79. The SMILES string of the molecule is CC(C)C(C)(C)C1(C)C(C)C(C)C2(C(C)(C)[C@]3(C)[C@H](C)[C@H](C)[C@H](C)C(C)(C)C3(C)C)C(C)C[C@@]12C(C)(C)C. The predicted octanol–water partition coefficient (Wildman–Crippen LogP) is 12.0. The summed E-state index contributed by atoms with van der Waals surface area (Å²) in [5.74, 6) is 4.84. The molecule has 0 N–H and O–H groups in total. The lowest BCUT2D eigenvalue weighted by atomic mass is 9.21. The summed E-state index contributed by atoms with van der Waals surface area (Å²) in [6.45, 7) is 55.8. The van der Waals surface area contributed by atoms with Crippen molar-refractivity contribution in [3.63, 3.8) is 0 Å². The molecule has 3 saturated carbocycles. The summed E-state index contributed by atoms with van der Waals surface area (Å²) in [7, 11) is 0. The van der Waals surface area contributed by atoms with E-state index in [1.807, 2.05) is 0 Å². The molecule has 5 unspecified atom stereocenters. The van der Waals surface area contributed by atoms with Crippen molar-refractivity contribution in [3.05, 3.63) is 0 Å². The van der Waals surface area contributed by atoms with Gasteiger partial charge in [-0.2, -0.15) is 0 Å². The van der Waals surface area contributed by atoms with Gasteiger partial charge in [0.15, 0.2) is 0 Å². The molecule has 3 rings (SSSR count). The lowest BCUT2D eigenvalue weighted by Crippen LogP contribution is -2.78. The Balaban J connectivity index is 2.52. The van der Waals surface area contributed by atoms with Crippen molar-refractivity contribution in [1.82, 2.24) is 0 Å². The highest BCUT2D eigenvalue weighted by Gasteiger charge is 2.88. The molecular weight excluding hydrogens is 456 g/mol. The van der Waals surface area contributed by atoms with Gasteiger partial charge in [0.05, 0.1) is 0 Å². The molecular formula is C38H72. The molecule has 0 nitrogen and oxygen atoms in total. The Morgan fingerprint density at radius 1 is 0.605 bits per heavy atom. The second kappa shape index (κ2) is 8.30. The van der Waals surface area contributed by atoms with E-state index in [9.17, 15) is 0 Å². The minimum absolute atomic E-state index is 0.165. The van der Waals surface area contributed by atoms with Gasteiger partial charge in [-0.05, 0) is 96.6 Å². The van der Waals surface area contributed by atoms with E-state index in [2.05, 4.69) is 145 Å². The molecule has 10 atom stereocenters. The molecule has 3 fully saturated rings. The minimum atomic E-state index is 0.165. The highest BCUT2D eigenvalue weighted by Crippen LogP contribution is 2.93. The summed E-state index contributed by atoms with van der Waals surface area (Å²) in [6, 6.07) is 0. The number of hydrogen-bond acceptors (Lipinski definition) is 0. The van der Waals surface area contributed by atoms with E-state index in [0.29, 0.717) is 35.5 Å². The largest absolute Gasteiger partial charge is 0.0622 e. The summed E-state index contributed by atoms with van der Waals surface area (Å²) < 4.78 is 0. The first-order valence-corrected chi connectivity index (χ1v) is 16.6. The molecule has 38 heavy (non-hydrogen) atoms. The fourth-order valence-corrected chi connectivity index (χ4v) is 14.2. The Labute approximate surface area is 241 Å². The Kier molecular flexibility index (Phi) is 7.10. The molecule has 0 heteroatoms. The van der Waals surface area contributed by atoms with Gasteiger partial charge in [0.25, 0.3) is 0 Å². The van der Waals surface area contributed by atoms with Crippen molar-refractivity contribution < 1.29 is 0 Å². The van der Waals surface area contributed by atoms with Gasteiger partial charge in [0, 0.05) is 0 Å². The first-order chi connectivity index (χ1) is 16.6. The van der Waals surface area contributed by atoms with Crippen LogP contribution in [0.5, 0.6) is 0 Å². The lowest BCUT2D eigenvalue weighted by Gasteiger charge is -2.83. The van der Waals surface area contributed by atoms with E-state index in [1.54, 1.807) is 0 Å². The van der Waals surface area contributed by atoms with E-state index in [4.69, 9.17) is 0 Å². The molecule has 0 saturated heterocycles. The monoisotopic (exact) mass is 529 g/mol. The molecule has 0 aromatic rings. The highest BCUT2D eigenvalue weighted by atomic mass is 14.9. The van der Waals surface area contributed by atoms with E-state index < -0.39 is 0 Å². The highest BCUT2D eigenvalue weighted by molar-refractivity contribution is 5.35. The molecule has 224 valence electrons. The molecule has 0 radical (unpaired) electrons. The van der Waals surface area contributed by atoms with Crippen LogP contribution in [0, 0.1) is 90.2 Å². The van der Waals surface area contributed by atoms with E-state index in [0.717, 1.165) is 5.92 Å². The normalized spacial score (nSPS) is 49.1. The second-order valence-corrected chi connectivity index (χ2v) is 19.4. The third kappa shape index (κ3) is 2.82.